The van der Waals surface area contributed by atoms with Gasteiger partial charge in [-0.25, -0.2) is 4.39 Å². The summed E-state index contributed by atoms with van der Waals surface area (Å²) in [5.74, 6) is -0.225. The van der Waals surface area contributed by atoms with E-state index in [4.69, 9.17) is 0 Å². The van der Waals surface area contributed by atoms with Crippen molar-refractivity contribution in [3.05, 3.63) is 59.2 Å². The molecule has 0 atom stereocenters. The van der Waals surface area contributed by atoms with Crippen LogP contribution in [0.4, 0.5) is 10.1 Å². The first-order valence-electron chi connectivity index (χ1n) is 8.73. The van der Waals surface area contributed by atoms with Gasteiger partial charge in [-0.1, -0.05) is 12.1 Å². The second-order valence-electron chi connectivity index (χ2n) is 6.60. The number of carbonyl (C=O) groups is 1. The highest BCUT2D eigenvalue weighted by Crippen LogP contribution is 2.24. The number of hydrogen-bond acceptors (Lipinski definition) is 3. The van der Waals surface area contributed by atoms with Crippen LogP contribution >= 0.6 is 0 Å². The molecule has 1 fully saturated rings. The van der Waals surface area contributed by atoms with Crippen molar-refractivity contribution >= 4 is 11.6 Å². The number of aryl methyl sites for hydroxylation is 2. The molecule has 0 N–H and O–H groups in total. The fraction of sp³-hybridized carbons (Fsp3) is 0.400. The van der Waals surface area contributed by atoms with E-state index in [-0.39, 0.29) is 11.7 Å². The molecule has 1 aliphatic heterocycles. The summed E-state index contributed by atoms with van der Waals surface area (Å²) in [6.45, 7) is 7.42. The number of amides is 1. The zero-order valence-electron chi connectivity index (χ0n) is 14.8. The molecule has 25 heavy (non-hydrogen) atoms. The second-order valence-corrected chi connectivity index (χ2v) is 6.60. The van der Waals surface area contributed by atoms with Gasteiger partial charge in [-0.15, -0.1) is 0 Å². The van der Waals surface area contributed by atoms with Crippen molar-refractivity contribution in [1.29, 1.82) is 0 Å². The van der Waals surface area contributed by atoms with Crippen LogP contribution in [0.2, 0.25) is 0 Å². The van der Waals surface area contributed by atoms with Crippen molar-refractivity contribution in [2.24, 2.45) is 0 Å². The lowest BCUT2D eigenvalue weighted by atomic mass is 10.1. The summed E-state index contributed by atoms with van der Waals surface area (Å²) < 4.78 is 13.1. The number of piperazine rings is 1. The first-order chi connectivity index (χ1) is 12.0. The quantitative estimate of drug-likeness (QED) is 0.857. The Hall–Kier alpha value is -2.43. The highest BCUT2D eigenvalue weighted by molar-refractivity contribution is 5.76. The number of hydrogen-bond donors (Lipinski definition) is 0. The van der Waals surface area contributed by atoms with Crippen molar-refractivity contribution in [2.45, 2.75) is 26.7 Å². The number of rotatable bonds is 4. The van der Waals surface area contributed by atoms with Crippen LogP contribution in [-0.4, -0.2) is 42.0 Å². The molecule has 4 nitrogen and oxygen atoms in total. The Kier molecular flexibility index (Phi) is 5.31. The van der Waals surface area contributed by atoms with E-state index >= 15 is 0 Å². The number of carbonyl (C=O) groups excluding carboxylic acids is 1. The average Bonchev–Trinajstić information content (AvgIpc) is 2.62. The van der Waals surface area contributed by atoms with Crippen LogP contribution in [0.15, 0.2) is 36.7 Å². The Labute approximate surface area is 148 Å². The number of pyridine rings is 1. The Morgan fingerprint density at radius 2 is 1.92 bits per heavy atom. The van der Waals surface area contributed by atoms with E-state index in [1.54, 1.807) is 6.20 Å². The Morgan fingerprint density at radius 1 is 1.16 bits per heavy atom. The van der Waals surface area contributed by atoms with Crippen LogP contribution in [-0.2, 0) is 11.2 Å². The summed E-state index contributed by atoms with van der Waals surface area (Å²) in [7, 11) is 0. The van der Waals surface area contributed by atoms with Gasteiger partial charge in [-0.2, -0.15) is 0 Å². The van der Waals surface area contributed by atoms with Crippen LogP contribution in [0.5, 0.6) is 0 Å². The SMILES string of the molecule is Cc1cccc(N2CCN(C(=O)CCc3cncc(F)c3)CC2)c1C. The third kappa shape index (κ3) is 4.16. The van der Waals surface area contributed by atoms with E-state index in [2.05, 4.69) is 41.9 Å². The maximum Gasteiger partial charge on any atom is 0.223 e. The van der Waals surface area contributed by atoms with Crippen LogP contribution in [0.3, 0.4) is 0 Å². The zero-order chi connectivity index (χ0) is 17.8. The van der Waals surface area contributed by atoms with Gasteiger partial charge in [-0.05, 0) is 49.1 Å². The van der Waals surface area contributed by atoms with Crippen molar-refractivity contribution in [2.75, 3.05) is 31.1 Å². The number of anilines is 1. The van der Waals surface area contributed by atoms with Gasteiger partial charge in [0.25, 0.3) is 0 Å². The molecule has 1 amide bonds. The minimum atomic E-state index is -0.355. The van der Waals surface area contributed by atoms with E-state index in [0.717, 1.165) is 31.7 Å². The molecule has 1 aliphatic rings. The van der Waals surface area contributed by atoms with Gasteiger partial charge < -0.3 is 9.80 Å². The molecule has 2 aromatic rings. The molecule has 0 spiro atoms. The van der Waals surface area contributed by atoms with Gasteiger partial charge >= 0.3 is 0 Å². The number of nitrogens with zero attached hydrogens (tertiary/aromatic N) is 3. The molecule has 0 radical (unpaired) electrons. The van der Waals surface area contributed by atoms with Gasteiger partial charge in [0.2, 0.25) is 5.91 Å². The predicted molar refractivity (Wildman–Crippen MR) is 97.2 cm³/mol. The van der Waals surface area contributed by atoms with Gasteiger partial charge in [-0.3, -0.25) is 9.78 Å². The normalized spacial score (nSPS) is 14.7. The summed E-state index contributed by atoms with van der Waals surface area (Å²) in [6, 6.07) is 7.80. The maximum atomic E-state index is 13.1. The lowest BCUT2D eigenvalue weighted by Gasteiger charge is -2.37. The molecule has 5 heteroatoms. The van der Waals surface area contributed by atoms with Crippen molar-refractivity contribution in [1.82, 2.24) is 9.88 Å². The van der Waals surface area contributed by atoms with Crippen LogP contribution in [0.1, 0.15) is 23.1 Å². The molecule has 1 aromatic carbocycles. The Morgan fingerprint density at radius 3 is 2.64 bits per heavy atom. The smallest absolute Gasteiger partial charge is 0.223 e. The summed E-state index contributed by atoms with van der Waals surface area (Å²) in [5, 5.41) is 0. The molecule has 0 bridgehead atoms. The molecule has 1 saturated heterocycles. The highest BCUT2D eigenvalue weighted by Gasteiger charge is 2.22. The van der Waals surface area contributed by atoms with Gasteiger partial charge in [0, 0.05) is 44.5 Å². The van der Waals surface area contributed by atoms with E-state index in [1.807, 2.05) is 4.90 Å². The Balaban J connectivity index is 1.53. The monoisotopic (exact) mass is 341 g/mol. The first-order valence-corrected chi connectivity index (χ1v) is 8.73. The van der Waals surface area contributed by atoms with Crippen molar-refractivity contribution < 1.29 is 9.18 Å². The minimum absolute atomic E-state index is 0.130. The molecule has 0 aliphatic carbocycles. The standard InChI is InChI=1S/C20H24FN3O/c1-15-4-3-5-19(16(15)2)23-8-10-24(11-9-23)20(25)7-6-17-12-18(21)14-22-13-17/h3-5,12-14H,6-11H2,1-2H3. The number of benzene rings is 1. The van der Waals surface area contributed by atoms with Crippen molar-refractivity contribution in [3.63, 3.8) is 0 Å². The van der Waals surface area contributed by atoms with Gasteiger partial charge in [0.05, 0.1) is 6.20 Å². The number of aromatic nitrogens is 1. The maximum absolute atomic E-state index is 13.1. The summed E-state index contributed by atoms with van der Waals surface area (Å²) in [5.41, 5.74) is 4.63. The molecular weight excluding hydrogens is 317 g/mol. The lowest BCUT2D eigenvalue weighted by molar-refractivity contribution is -0.131. The Bertz CT molecular complexity index is 754. The first kappa shape index (κ1) is 17.4. The molecule has 0 unspecified atom stereocenters. The van der Waals surface area contributed by atoms with Crippen LogP contribution < -0.4 is 4.90 Å². The summed E-state index contributed by atoms with van der Waals surface area (Å²) >= 11 is 0. The minimum Gasteiger partial charge on any atom is -0.368 e. The van der Waals surface area contributed by atoms with Crippen LogP contribution in [0, 0.1) is 19.7 Å². The highest BCUT2D eigenvalue weighted by atomic mass is 19.1. The van der Waals surface area contributed by atoms with E-state index in [1.165, 1.54) is 29.1 Å². The molecule has 3 rings (SSSR count). The lowest BCUT2D eigenvalue weighted by Crippen LogP contribution is -2.49. The molecular formula is C20H24FN3O. The van der Waals surface area contributed by atoms with Gasteiger partial charge in [0.15, 0.2) is 0 Å². The predicted octanol–water partition coefficient (Wildman–Crippen LogP) is 3.12. The largest absolute Gasteiger partial charge is 0.368 e. The summed E-state index contributed by atoms with van der Waals surface area (Å²) in [4.78, 5) is 20.5. The molecule has 132 valence electrons. The molecule has 2 heterocycles. The van der Waals surface area contributed by atoms with E-state index < -0.39 is 0 Å². The third-order valence-corrected chi connectivity index (χ3v) is 4.94. The fourth-order valence-electron chi connectivity index (χ4n) is 3.28. The van der Waals surface area contributed by atoms with Crippen molar-refractivity contribution in [3.8, 4) is 0 Å². The molecule has 0 saturated carbocycles. The molecule has 1 aromatic heterocycles. The topological polar surface area (TPSA) is 36.4 Å². The second kappa shape index (κ2) is 7.64. The van der Waals surface area contributed by atoms with E-state index in [9.17, 15) is 9.18 Å². The zero-order valence-corrected chi connectivity index (χ0v) is 14.8. The fourth-order valence-corrected chi connectivity index (χ4v) is 3.28. The van der Waals surface area contributed by atoms with Gasteiger partial charge in [0.1, 0.15) is 5.82 Å². The average molecular weight is 341 g/mol. The van der Waals surface area contributed by atoms with E-state index in [0.29, 0.717) is 12.8 Å². The van der Waals surface area contributed by atoms with Crippen LogP contribution in [0.25, 0.3) is 0 Å². The number of halogens is 1. The third-order valence-electron chi connectivity index (χ3n) is 4.94. The summed E-state index contributed by atoms with van der Waals surface area (Å²) in [6.07, 6.45) is 3.72.